The molecule has 0 spiro atoms. The molecule has 0 heterocycles. The molecule has 0 aliphatic carbocycles. The molecule has 0 radical (unpaired) electrons. The number of rotatable bonds is 5. The second-order valence-corrected chi connectivity index (χ2v) is 3.04. The van der Waals surface area contributed by atoms with Crippen LogP contribution in [0.4, 0.5) is 0 Å². The quantitative estimate of drug-likeness (QED) is 0.550. The van der Waals surface area contributed by atoms with Crippen LogP contribution in [0.2, 0.25) is 0 Å². The number of carbonyl (C=O) groups is 1. The van der Waals surface area contributed by atoms with E-state index in [1.54, 1.807) is 0 Å². The molecule has 0 aliphatic heterocycles. The zero-order valence-electron chi connectivity index (χ0n) is 7.92. The van der Waals surface area contributed by atoms with Gasteiger partial charge >= 0.3 is 0 Å². The van der Waals surface area contributed by atoms with E-state index >= 15 is 0 Å². The van der Waals surface area contributed by atoms with Gasteiger partial charge in [0, 0.05) is 12.1 Å². The van der Waals surface area contributed by atoms with Crippen LogP contribution in [0.15, 0.2) is 24.3 Å². The van der Waals surface area contributed by atoms with Crippen LogP contribution >= 0.6 is 0 Å². The molecule has 1 rings (SSSR count). The minimum Gasteiger partial charge on any atom is -0.313 e. The summed E-state index contributed by atoms with van der Waals surface area (Å²) in [6.07, 6.45) is 2.01. The topological polar surface area (TPSA) is 29.1 Å². The molecule has 0 fully saturated rings. The summed E-state index contributed by atoms with van der Waals surface area (Å²) in [6, 6.07) is 7.66. The van der Waals surface area contributed by atoms with Crippen LogP contribution in [0, 0.1) is 0 Å². The summed E-state index contributed by atoms with van der Waals surface area (Å²) in [5.41, 5.74) is 1.91. The molecule has 2 nitrogen and oxygen atoms in total. The summed E-state index contributed by atoms with van der Waals surface area (Å²) in [5, 5.41) is 3.29. The highest BCUT2D eigenvalue weighted by atomic mass is 16.1. The van der Waals surface area contributed by atoms with Gasteiger partial charge in [-0.2, -0.15) is 0 Å². The smallest absolute Gasteiger partial charge is 0.150 e. The van der Waals surface area contributed by atoms with Crippen molar-refractivity contribution in [3.05, 3.63) is 35.4 Å². The van der Waals surface area contributed by atoms with Crippen molar-refractivity contribution in [2.75, 3.05) is 6.54 Å². The van der Waals surface area contributed by atoms with E-state index in [9.17, 15) is 4.79 Å². The molecule has 0 bridgehead atoms. The van der Waals surface area contributed by atoms with Crippen molar-refractivity contribution < 1.29 is 4.79 Å². The van der Waals surface area contributed by atoms with Crippen molar-refractivity contribution in [3.8, 4) is 0 Å². The predicted octanol–water partition coefficient (Wildman–Crippen LogP) is 2.00. The standard InChI is InChI=1S/C11H15NO/c1-2-6-12-8-10-4-3-5-11(7-10)9-13/h3-5,7,9,12H,2,6,8H2,1H3. The molecule has 13 heavy (non-hydrogen) atoms. The summed E-state index contributed by atoms with van der Waals surface area (Å²) in [6.45, 7) is 4.00. The van der Waals surface area contributed by atoms with Gasteiger partial charge < -0.3 is 5.32 Å². The maximum atomic E-state index is 10.5. The van der Waals surface area contributed by atoms with E-state index in [1.807, 2.05) is 24.3 Å². The number of nitrogens with one attached hydrogen (secondary N) is 1. The summed E-state index contributed by atoms with van der Waals surface area (Å²) >= 11 is 0. The molecule has 1 N–H and O–H groups in total. The monoisotopic (exact) mass is 177 g/mol. The molecule has 0 saturated carbocycles. The fraction of sp³-hybridized carbons (Fsp3) is 0.364. The van der Waals surface area contributed by atoms with E-state index in [-0.39, 0.29) is 0 Å². The van der Waals surface area contributed by atoms with Crippen LogP contribution in [0.3, 0.4) is 0 Å². The Balaban J connectivity index is 2.51. The van der Waals surface area contributed by atoms with Crippen molar-refractivity contribution in [2.24, 2.45) is 0 Å². The van der Waals surface area contributed by atoms with Crippen molar-refractivity contribution >= 4 is 6.29 Å². The van der Waals surface area contributed by atoms with Crippen LogP contribution in [-0.4, -0.2) is 12.8 Å². The second kappa shape index (κ2) is 5.49. The molecule has 1 aromatic rings. The van der Waals surface area contributed by atoms with Gasteiger partial charge in [0.1, 0.15) is 6.29 Å². The molecule has 0 amide bonds. The van der Waals surface area contributed by atoms with Gasteiger partial charge in [0.15, 0.2) is 0 Å². The summed E-state index contributed by atoms with van der Waals surface area (Å²) in [4.78, 5) is 10.5. The Morgan fingerprint density at radius 3 is 3.00 bits per heavy atom. The third-order valence-corrected chi connectivity index (χ3v) is 1.84. The first-order valence-corrected chi connectivity index (χ1v) is 4.61. The molecule has 1 aromatic carbocycles. The van der Waals surface area contributed by atoms with Crippen molar-refractivity contribution in [2.45, 2.75) is 19.9 Å². The van der Waals surface area contributed by atoms with Gasteiger partial charge in [-0.1, -0.05) is 25.1 Å². The maximum Gasteiger partial charge on any atom is 0.150 e. The minimum atomic E-state index is 0.746. The predicted molar refractivity (Wildman–Crippen MR) is 53.8 cm³/mol. The molecular formula is C11H15NO. The lowest BCUT2D eigenvalue weighted by Gasteiger charge is -2.03. The van der Waals surface area contributed by atoms with Crippen LogP contribution in [0.25, 0.3) is 0 Å². The zero-order chi connectivity index (χ0) is 9.52. The van der Waals surface area contributed by atoms with E-state index in [2.05, 4.69) is 12.2 Å². The van der Waals surface area contributed by atoms with Crippen LogP contribution < -0.4 is 5.32 Å². The number of carbonyl (C=O) groups excluding carboxylic acids is 1. The molecule has 0 aromatic heterocycles. The first-order chi connectivity index (χ1) is 6.36. The third-order valence-electron chi connectivity index (χ3n) is 1.84. The Morgan fingerprint density at radius 1 is 1.46 bits per heavy atom. The highest BCUT2D eigenvalue weighted by molar-refractivity contribution is 5.74. The lowest BCUT2D eigenvalue weighted by Crippen LogP contribution is -2.13. The van der Waals surface area contributed by atoms with Gasteiger partial charge in [-0.15, -0.1) is 0 Å². The third kappa shape index (κ3) is 3.38. The van der Waals surface area contributed by atoms with Gasteiger partial charge in [-0.05, 0) is 24.6 Å². The van der Waals surface area contributed by atoms with Gasteiger partial charge in [-0.25, -0.2) is 0 Å². The molecule has 70 valence electrons. The molecule has 0 atom stereocenters. The van der Waals surface area contributed by atoms with Crippen LogP contribution in [0.1, 0.15) is 29.3 Å². The normalized spacial score (nSPS) is 9.92. The molecule has 0 saturated heterocycles. The van der Waals surface area contributed by atoms with E-state index in [1.165, 1.54) is 0 Å². The SMILES string of the molecule is CCCNCc1cccc(C=O)c1. The van der Waals surface area contributed by atoms with Gasteiger partial charge in [0.2, 0.25) is 0 Å². The Morgan fingerprint density at radius 2 is 2.31 bits per heavy atom. The lowest BCUT2D eigenvalue weighted by atomic mass is 10.1. The van der Waals surface area contributed by atoms with E-state index in [4.69, 9.17) is 0 Å². The fourth-order valence-corrected chi connectivity index (χ4v) is 1.19. The average Bonchev–Trinajstić information content (AvgIpc) is 2.19. The lowest BCUT2D eigenvalue weighted by molar-refractivity contribution is 0.112. The number of hydrogen-bond donors (Lipinski definition) is 1. The van der Waals surface area contributed by atoms with E-state index < -0.39 is 0 Å². The summed E-state index contributed by atoms with van der Waals surface area (Å²) in [7, 11) is 0. The first kappa shape index (κ1) is 9.93. The zero-order valence-corrected chi connectivity index (χ0v) is 7.92. The van der Waals surface area contributed by atoms with E-state index in [0.717, 1.165) is 36.9 Å². The van der Waals surface area contributed by atoms with E-state index in [0.29, 0.717) is 0 Å². The second-order valence-electron chi connectivity index (χ2n) is 3.04. The Labute approximate surface area is 79.0 Å². The van der Waals surface area contributed by atoms with Gasteiger partial charge in [0.25, 0.3) is 0 Å². The average molecular weight is 177 g/mol. The molecule has 0 aliphatic rings. The Bertz CT molecular complexity index is 271. The summed E-state index contributed by atoms with van der Waals surface area (Å²) in [5.74, 6) is 0. The number of benzene rings is 1. The first-order valence-electron chi connectivity index (χ1n) is 4.61. The highest BCUT2D eigenvalue weighted by Crippen LogP contribution is 2.02. The number of aldehydes is 1. The van der Waals surface area contributed by atoms with Gasteiger partial charge in [0.05, 0.1) is 0 Å². The minimum absolute atomic E-state index is 0.746. The van der Waals surface area contributed by atoms with Crippen LogP contribution in [0.5, 0.6) is 0 Å². The van der Waals surface area contributed by atoms with Crippen molar-refractivity contribution in [3.63, 3.8) is 0 Å². The molecule has 2 heteroatoms. The van der Waals surface area contributed by atoms with Crippen molar-refractivity contribution in [1.82, 2.24) is 5.32 Å². The summed E-state index contributed by atoms with van der Waals surface area (Å²) < 4.78 is 0. The Hall–Kier alpha value is -1.15. The maximum absolute atomic E-state index is 10.5. The van der Waals surface area contributed by atoms with Crippen molar-refractivity contribution in [1.29, 1.82) is 0 Å². The fourth-order valence-electron chi connectivity index (χ4n) is 1.19. The van der Waals surface area contributed by atoms with Gasteiger partial charge in [-0.3, -0.25) is 4.79 Å². The molecular weight excluding hydrogens is 162 g/mol. The Kier molecular flexibility index (Phi) is 4.19. The molecule has 0 unspecified atom stereocenters. The highest BCUT2D eigenvalue weighted by Gasteiger charge is 1.93. The van der Waals surface area contributed by atoms with Crippen LogP contribution in [-0.2, 0) is 6.54 Å². The number of hydrogen-bond acceptors (Lipinski definition) is 2. The largest absolute Gasteiger partial charge is 0.313 e.